The molecule has 1 saturated heterocycles. The van der Waals surface area contributed by atoms with E-state index in [1.165, 1.54) is 0 Å². The number of piperazine rings is 1. The number of H-pyrrole nitrogens is 1. The number of aryl methyl sites for hydroxylation is 2. The Morgan fingerprint density at radius 2 is 2.26 bits per heavy atom. The first-order valence-electron chi connectivity index (χ1n) is 8.25. The van der Waals surface area contributed by atoms with Gasteiger partial charge in [0.1, 0.15) is 11.6 Å². The fourth-order valence-electron chi connectivity index (χ4n) is 3.18. The highest BCUT2D eigenvalue weighted by atomic mass is 16.4. The summed E-state index contributed by atoms with van der Waals surface area (Å²) in [6.45, 7) is 9.22. The molecule has 23 heavy (non-hydrogen) atoms. The summed E-state index contributed by atoms with van der Waals surface area (Å²) < 4.78 is 5.73. The van der Waals surface area contributed by atoms with Gasteiger partial charge in [-0.05, 0) is 19.5 Å². The number of carbonyl (C=O) groups is 1. The van der Waals surface area contributed by atoms with E-state index in [1.54, 1.807) is 6.20 Å². The van der Waals surface area contributed by atoms with Crippen LogP contribution in [-0.4, -0.2) is 51.9 Å². The monoisotopic (exact) mass is 316 g/mol. The summed E-state index contributed by atoms with van der Waals surface area (Å²) in [6, 6.07) is 2.06. The van der Waals surface area contributed by atoms with E-state index in [9.17, 15) is 4.79 Å². The molecule has 0 saturated carbocycles. The highest BCUT2D eigenvalue weighted by molar-refractivity contribution is 5.93. The largest absolute Gasteiger partial charge is 0.456 e. The standard InChI is InChI=1S/C17H24N4O2/c1-4-13-10-12(3)15(23-13)17(22)21-9-8-20(5-2)14(11-21)16-18-6-7-19-16/h6-7,10,14H,4-5,8-9,11H2,1-3H3,(H,18,19)/t14-/m0/s1. The number of nitrogens with zero attached hydrogens (tertiary/aromatic N) is 3. The van der Waals surface area contributed by atoms with E-state index < -0.39 is 0 Å². The number of aromatic nitrogens is 2. The van der Waals surface area contributed by atoms with Crippen LogP contribution in [0.15, 0.2) is 22.9 Å². The maximum Gasteiger partial charge on any atom is 0.289 e. The van der Waals surface area contributed by atoms with Gasteiger partial charge >= 0.3 is 0 Å². The molecule has 3 rings (SSSR count). The van der Waals surface area contributed by atoms with Gasteiger partial charge in [-0.15, -0.1) is 0 Å². The van der Waals surface area contributed by atoms with Crippen molar-refractivity contribution in [1.82, 2.24) is 19.8 Å². The van der Waals surface area contributed by atoms with Crippen LogP contribution in [0.1, 0.15) is 47.6 Å². The molecule has 6 heteroatoms. The molecule has 1 amide bonds. The Balaban J connectivity index is 1.80. The Labute approximate surface area is 136 Å². The maximum atomic E-state index is 12.8. The van der Waals surface area contributed by atoms with E-state index in [-0.39, 0.29) is 11.9 Å². The minimum absolute atomic E-state index is 0.0190. The van der Waals surface area contributed by atoms with E-state index in [2.05, 4.69) is 21.8 Å². The zero-order chi connectivity index (χ0) is 16.4. The molecular formula is C17H24N4O2. The fraction of sp³-hybridized carbons (Fsp3) is 0.529. The zero-order valence-corrected chi connectivity index (χ0v) is 14.0. The average molecular weight is 316 g/mol. The van der Waals surface area contributed by atoms with Crippen LogP contribution in [0.5, 0.6) is 0 Å². The van der Waals surface area contributed by atoms with Gasteiger partial charge < -0.3 is 14.3 Å². The number of likely N-dealkylation sites (N-methyl/N-ethyl adjacent to an activating group) is 1. The molecular weight excluding hydrogens is 292 g/mol. The average Bonchev–Trinajstić information content (AvgIpc) is 3.23. The van der Waals surface area contributed by atoms with Crippen molar-refractivity contribution in [3.8, 4) is 0 Å². The lowest BCUT2D eigenvalue weighted by Gasteiger charge is -2.39. The van der Waals surface area contributed by atoms with Gasteiger partial charge in [0.15, 0.2) is 5.76 Å². The molecule has 0 aliphatic carbocycles. The molecule has 6 nitrogen and oxygen atoms in total. The minimum atomic E-state index is -0.0190. The van der Waals surface area contributed by atoms with Crippen molar-refractivity contribution in [2.24, 2.45) is 0 Å². The summed E-state index contributed by atoms with van der Waals surface area (Å²) in [4.78, 5) is 24.6. The molecule has 2 aromatic rings. The SMILES string of the molecule is CCc1cc(C)c(C(=O)N2CCN(CC)[C@H](c3ncc[nH]3)C2)o1. The third kappa shape index (κ3) is 3.03. The number of imidazole rings is 1. The second kappa shape index (κ2) is 6.58. The number of hydrogen-bond donors (Lipinski definition) is 1. The van der Waals surface area contributed by atoms with Crippen molar-refractivity contribution in [3.63, 3.8) is 0 Å². The van der Waals surface area contributed by atoms with Crippen molar-refractivity contribution < 1.29 is 9.21 Å². The molecule has 2 aromatic heterocycles. The predicted octanol–water partition coefficient (Wildman–Crippen LogP) is 2.39. The van der Waals surface area contributed by atoms with Gasteiger partial charge in [0, 0.05) is 44.0 Å². The number of amides is 1. The van der Waals surface area contributed by atoms with Gasteiger partial charge in [-0.2, -0.15) is 0 Å². The van der Waals surface area contributed by atoms with Crippen molar-refractivity contribution >= 4 is 5.91 Å². The molecule has 0 unspecified atom stereocenters. The van der Waals surface area contributed by atoms with Gasteiger partial charge in [-0.3, -0.25) is 9.69 Å². The van der Waals surface area contributed by atoms with Crippen LogP contribution in [0.4, 0.5) is 0 Å². The topological polar surface area (TPSA) is 65.4 Å². The lowest BCUT2D eigenvalue weighted by Crippen LogP contribution is -2.50. The van der Waals surface area contributed by atoms with Crippen LogP contribution < -0.4 is 0 Å². The van der Waals surface area contributed by atoms with E-state index in [0.29, 0.717) is 18.8 Å². The van der Waals surface area contributed by atoms with Crippen LogP contribution in [0, 0.1) is 6.92 Å². The van der Waals surface area contributed by atoms with Gasteiger partial charge in [0.05, 0.1) is 6.04 Å². The summed E-state index contributed by atoms with van der Waals surface area (Å²) in [5.74, 6) is 2.23. The van der Waals surface area contributed by atoms with E-state index in [0.717, 1.165) is 36.7 Å². The molecule has 1 fully saturated rings. The number of furan rings is 1. The molecule has 1 aliphatic heterocycles. The summed E-state index contributed by atoms with van der Waals surface area (Å²) in [5.41, 5.74) is 0.916. The quantitative estimate of drug-likeness (QED) is 0.940. The van der Waals surface area contributed by atoms with E-state index in [1.807, 2.05) is 31.0 Å². The van der Waals surface area contributed by atoms with Crippen LogP contribution in [-0.2, 0) is 6.42 Å². The fourth-order valence-corrected chi connectivity index (χ4v) is 3.18. The first kappa shape index (κ1) is 15.8. The molecule has 124 valence electrons. The van der Waals surface area contributed by atoms with Crippen molar-refractivity contribution in [2.45, 2.75) is 33.2 Å². The zero-order valence-electron chi connectivity index (χ0n) is 14.0. The molecule has 0 spiro atoms. The van der Waals surface area contributed by atoms with Gasteiger partial charge in [-0.1, -0.05) is 13.8 Å². The first-order valence-corrected chi connectivity index (χ1v) is 8.25. The lowest BCUT2D eigenvalue weighted by molar-refractivity contribution is 0.0451. The third-order valence-electron chi connectivity index (χ3n) is 4.53. The predicted molar refractivity (Wildman–Crippen MR) is 87.3 cm³/mol. The summed E-state index contributed by atoms with van der Waals surface area (Å²) in [6.07, 6.45) is 4.38. The summed E-state index contributed by atoms with van der Waals surface area (Å²) >= 11 is 0. The van der Waals surface area contributed by atoms with Gasteiger partial charge in [0.25, 0.3) is 5.91 Å². The third-order valence-corrected chi connectivity index (χ3v) is 4.53. The Bertz CT molecular complexity index is 662. The Hall–Kier alpha value is -2.08. The molecule has 0 bridgehead atoms. The molecule has 1 N–H and O–H groups in total. The Kier molecular flexibility index (Phi) is 4.52. The Morgan fingerprint density at radius 1 is 1.43 bits per heavy atom. The minimum Gasteiger partial charge on any atom is -0.456 e. The second-order valence-electron chi connectivity index (χ2n) is 5.95. The van der Waals surface area contributed by atoms with Crippen LogP contribution in [0.3, 0.4) is 0 Å². The van der Waals surface area contributed by atoms with Crippen molar-refractivity contribution in [2.75, 3.05) is 26.2 Å². The van der Waals surface area contributed by atoms with E-state index >= 15 is 0 Å². The van der Waals surface area contributed by atoms with Crippen LogP contribution in [0.25, 0.3) is 0 Å². The first-order chi connectivity index (χ1) is 11.1. The Morgan fingerprint density at radius 3 is 2.87 bits per heavy atom. The maximum absolute atomic E-state index is 12.8. The number of hydrogen-bond acceptors (Lipinski definition) is 4. The smallest absolute Gasteiger partial charge is 0.289 e. The lowest BCUT2D eigenvalue weighted by atomic mass is 10.1. The molecule has 0 radical (unpaired) electrons. The van der Waals surface area contributed by atoms with Crippen LogP contribution in [0.2, 0.25) is 0 Å². The molecule has 1 atom stereocenters. The van der Waals surface area contributed by atoms with Crippen molar-refractivity contribution in [1.29, 1.82) is 0 Å². The molecule has 3 heterocycles. The number of nitrogens with one attached hydrogen (secondary N) is 1. The van der Waals surface area contributed by atoms with Gasteiger partial charge in [0.2, 0.25) is 0 Å². The summed E-state index contributed by atoms with van der Waals surface area (Å²) in [7, 11) is 0. The van der Waals surface area contributed by atoms with Crippen molar-refractivity contribution in [3.05, 3.63) is 41.4 Å². The number of carbonyl (C=O) groups excluding carboxylic acids is 1. The summed E-state index contributed by atoms with van der Waals surface area (Å²) in [5, 5.41) is 0. The molecule has 0 aromatic carbocycles. The normalized spacial score (nSPS) is 19.3. The van der Waals surface area contributed by atoms with E-state index in [4.69, 9.17) is 4.42 Å². The van der Waals surface area contributed by atoms with Gasteiger partial charge in [-0.25, -0.2) is 4.98 Å². The highest BCUT2D eigenvalue weighted by Gasteiger charge is 2.33. The van der Waals surface area contributed by atoms with Crippen LogP contribution >= 0.6 is 0 Å². The number of rotatable bonds is 4. The molecule has 1 aliphatic rings. The second-order valence-corrected chi connectivity index (χ2v) is 5.95. The number of aromatic amines is 1. The highest BCUT2D eigenvalue weighted by Crippen LogP contribution is 2.25.